The van der Waals surface area contributed by atoms with Crippen molar-refractivity contribution in [1.29, 1.82) is 5.26 Å². The number of amides is 1. The molecule has 1 heterocycles. The Labute approximate surface area is 241 Å². The molecule has 2 aromatic carbocycles. The van der Waals surface area contributed by atoms with Crippen molar-refractivity contribution in [1.82, 2.24) is 5.32 Å². The van der Waals surface area contributed by atoms with Gasteiger partial charge in [0.2, 0.25) is 6.41 Å². The van der Waals surface area contributed by atoms with Crippen molar-refractivity contribution < 1.29 is 27.8 Å². The molecule has 220 valence electrons. The number of nitrogens with two attached hydrogens (primary N) is 3. The molecule has 41 heavy (non-hydrogen) atoms. The summed E-state index contributed by atoms with van der Waals surface area (Å²) in [6.07, 6.45) is 4.83. The highest BCUT2D eigenvalue weighted by atomic mass is 32.1. The molecule has 1 saturated heterocycles. The van der Waals surface area contributed by atoms with Crippen molar-refractivity contribution in [2.75, 3.05) is 30.5 Å². The fourth-order valence-electron chi connectivity index (χ4n) is 4.45. The number of anilines is 2. The van der Waals surface area contributed by atoms with Crippen molar-refractivity contribution in [2.45, 2.75) is 43.9 Å². The fourth-order valence-corrected chi connectivity index (χ4v) is 4.81. The number of carbonyl (C=O) groups is 1. The van der Waals surface area contributed by atoms with Crippen molar-refractivity contribution in [3.63, 3.8) is 0 Å². The smallest absolute Gasteiger partial charge is 0.207 e. The van der Waals surface area contributed by atoms with Crippen LogP contribution in [0.3, 0.4) is 0 Å². The van der Waals surface area contributed by atoms with Crippen LogP contribution in [0.4, 0.5) is 24.5 Å². The third kappa shape index (κ3) is 7.81. The quantitative estimate of drug-likeness (QED) is 0.0321. The number of aliphatic hydroxyl groups is 1. The summed E-state index contributed by atoms with van der Waals surface area (Å²) < 4.78 is 50.9. The van der Waals surface area contributed by atoms with Gasteiger partial charge in [-0.3, -0.25) is 9.80 Å². The summed E-state index contributed by atoms with van der Waals surface area (Å²) in [6.45, 7) is 0.776. The van der Waals surface area contributed by atoms with Crippen LogP contribution < -0.4 is 27.6 Å². The number of carbonyl (C=O) groups excluding carboxylic acids is 1. The largest absolute Gasteiger partial charge is 0.397 e. The summed E-state index contributed by atoms with van der Waals surface area (Å²) in [5, 5.41) is 22.8. The van der Waals surface area contributed by atoms with E-state index in [1.54, 1.807) is 18.2 Å². The lowest BCUT2D eigenvalue weighted by Gasteiger charge is -2.36. The Balaban J connectivity index is 2.02. The predicted octanol–water partition coefficient (Wildman–Crippen LogP) is 2.99. The zero-order valence-corrected chi connectivity index (χ0v) is 23.1. The van der Waals surface area contributed by atoms with Crippen molar-refractivity contribution >= 4 is 40.9 Å². The van der Waals surface area contributed by atoms with Crippen LogP contribution in [0.25, 0.3) is 10.5 Å². The highest BCUT2D eigenvalue weighted by Crippen LogP contribution is 2.39. The Morgan fingerprint density at radius 2 is 2.07 bits per heavy atom. The van der Waals surface area contributed by atoms with E-state index in [1.165, 1.54) is 12.1 Å². The molecular weight excluding hydrogens is 557 g/mol. The average molecular weight is 591 g/mol. The maximum absolute atomic E-state index is 15.6. The lowest BCUT2D eigenvalue weighted by molar-refractivity contribution is -0.109. The van der Waals surface area contributed by atoms with Crippen molar-refractivity contribution in [3.8, 4) is 6.07 Å². The highest BCUT2D eigenvalue weighted by Gasteiger charge is 2.32. The number of nitrogen functional groups attached to an aromatic ring is 1. The zero-order chi connectivity index (χ0) is 30.1. The number of hydrogen-bond donors (Lipinski definition) is 6. The molecule has 0 spiro atoms. The predicted molar refractivity (Wildman–Crippen MR) is 155 cm³/mol. The van der Waals surface area contributed by atoms with Crippen LogP contribution in [0.5, 0.6) is 0 Å². The second kappa shape index (κ2) is 14.9. The number of aliphatic hydroxyl groups excluding tert-OH is 1. The summed E-state index contributed by atoms with van der Waals surface area (Å²) in [5.41, 5.74) is 11.6. The SMILES string of the molecule is N#Cc1ccc(C(/C=C/CC(N)CCCNC=O)=C(/S)c2cc(N)c(N(N)C3COCCC3O)c(F)c2F)cc1F. The van der Waals surface area contributed by atoms with Gasteiger partial charge in [-0.1, -0.05) is 18.2 Å². The van der Waals surface area contributed by atoms with Crippen molar-refractivity contribution in [2.24, 2.45) is 11.6 Å². The molecular formula is C28H33F3N6O3S. The monoisotopic (exact) mass is 590 g/mol. The van der Waals surface area contributed by atoms with E-state index in [-0.39, 0.29) is 51.9 Å². The minimum atomic E-state index is -1.35. The van der Waals surface area contributed by atoms with Gasteiger partial charge in [0.25, 0.3) is 0 Å². The number of hydrazine groups is 1. The molecule has 9 nitrogen and oxygen atoms in total. The minimum absolute atomic E-state index is 0.00737. The molecule has 2 aromatic rings. The first-order valence-corrected chi connectivity index (χ1v) is 13.3. The van der Waals surface area contributed by atoms with Crippen molar-refractivity contribution in [3.05, 3.63) is 70.6 Å². The molecule has 1 amide bonds. The summed E-state index contributed by atoms with van der Waals surface area (Å²) in [7, 11) is 0. The van der Waals surface area contributed by atoms with E-state index >= 15 is 8.78 Å². The Bertz CT molecular complexity index is 1350. The van der Waals surface area contributed by atoms with Gasteiger partial charge in [-0.15, -0.1) is 12.6 Å². The van der Waals surface area contributed by atoms with E-state index in [4.69, 9.17) is 27.3 Å². The van der Waals surface area contributed by atoms with E-state index in [2.05, 4.69) is 17.9 Å². The number of nitriles is 1. The molecule has 3 unspecified atom stereocenters. The van der Waals surface area contributed by atoms with Crippen LogP contribution in [0.2, 0.25) is 0 Å². The Morgan fingerprint density at radius 1 is 1.32 bits per heavy atom. The topological polar surface area (TPSA) is 164 Å². The Hall–Kier alpha value is -3.54. The number of rotatable bonds is 12. The number of nitrogens with zero attached hydrogens (tertiary/aromatic N) is 2. The third-order valence-electron chi connectivity index (χ3n) is 6.73. The minimum Gasteiger partial charge on any atom is -0.397 e. The lowest BCUT2D eigenvalue weighted by atomic mass is 9.98. The van der Waals surface area contributed by atoms with Gasteiger partial charge in [0.15, 0.2) is 11.6 Å². The summed E-state index contributed by atoms with van der Waals surface area (Å²) >= 11 is 4.48. The molecule has 3 atom stereocenters. The number of thiol groups is 1. The molecule has 0 bridgehead atoms. The summed E-state index contributed by atoms with van der Waals surface area (Å²) in [4.78, 5) is 10.3. The van der Waals surface area contributed by atoms with Crippen LogP contribution in [0.15, 0.2) is 36.4 Å². The molecule has 0 aromatic heterocycles. The molecule has 0 radical (unpaired) electrons. The van der Waals surface area contributed by atoms with E-state index in [1.807, 2.05) is 0 Å². The maximum atomic E-state index is 15.6. The number of allylic oxidation sites excluding steroid dienone is 2. The molecule has 1 aliphatic heterocycles. The van der Waals surface area contributed by atoms with E-state index in [9.17, 15) is 14.3 Å². The summed E-state index contributed by atoms with van der Waals surface area (Å²) in [6, 6.07) is 5.60. The number of halogens is 3. The van der Waals surface area contributed by atoms with E-state index in [0.717, 1.165) is 17.1 Å². The van der Waals surface area contributed by atoms with E-state index < -0.39 is 35.3 Å². The molecule has 8 N–H and O–H groups in total. The van der Waals surface area contributed by atoms with Crippen LogP contribution in [0, 0.1) is 28.8 Å². The molecule has 13 heteroatoms. The number of benzene rings is 2. The Morgan fingerprint density at radius 3 is 2.73 bits per heavy atom. The average Bonchev–Trinajstić information content (AvgIpc) is 2.95. The molecule has 1 aliphatic rings. The zero-order valence-electron chi connectivity index (χ0n) is 22.2. The molecule has 1 fully saturated rings. The third-order valence-corrected chi connectivity index (χ3v) is 7.21. The van der Waals surface area contributed by atoms with Gasteiger partial charge >= 0.3 is 0 Å². The first-order valence-electron chi connectivity index (χ1n) is 12.9. The van der Waals surface area contributed by atoms with E-state index in [0.29, 0.717) is 38.8 Å². The van der Waals surface area contributed by atoms with Gasteiger partial charge in [0, 0.05) is 29.7 Å². The number of nitrogens with one attached hydrogen (secondary N) is 1. The normalized spacial score (nSPS) is 18.5. The van der Waals surface area contributed by atoms with Crippen LogP contribution in [0.1, 0.15) is 42.4 Å². The second-order valence-electron chi connectivity index (χ2n) is 9.58. The molecule has 3 rings (SSSR count). The number of ether oxygens (including phenoxy) is 1. The fraction of sp³-hybridized carbons (Fsp3) is 0.357. The number of hydrogen-bond acceptors (Lipinski definition) is 9. The van der Waals surface area contributed by atoms with Crippen LogP contribution in [-0.2, 0) is 9.53 Å². The van der Waals surface area contributed by atoms with Gasteiger partial charge in [0.1, 0.15) is 17.6 Å². The van der Waals surface area contributed by atoms with Gasteiger partial charge < -0.3 is 26.6 Å². The van der Waals surface area contributed by atoms with Crippen LogP contribution in [-0.4, -0.2) is 49.5 Å². The summed E-state index contributed by atoms with van der Waals surface area (Å²) in [5.74, 6) is 2.60. The standard InChI is InChI=1S/C28H33F3N6O3S/c29-21-11-16(6-7-17(21)13-32)19(5-1-3-18(33)4-2-9-36-15-38)28(41)20-12-22(34)27(26(31)25(20)30)37(35)23-14-40-10-8-24(23)39/h1,5-7,11-12,15,18,23-24,39,41H,2-4,8-10,14,33-35H2,(H,36,38)/b5-1+,28-19+. The van der Waals surface area contributed by atoms with Gasteiger partial charge in [0.05, 0.1) is 30.0 Å². The highest BCUT2D eigenvalue weighted by molar-refractivity contribution is 7.90. The molecule has 0 saturated carbocycles. The van der Waals surface area contributed by atoms with Crippen LogP contribution >= 0.6 is 12.6 Å². The van der Waals surface area contributed by atoms with Gasteiger partial charge in [-0.2, -0.15) is 5.26 Å². The molecule has 0 aliphatic carbocycles. The second-order valence-corrected chi connectivity index (χ2v) is 10.0. The van der Waals surface area contributed by atoms with Gasteiger partial charge in [-0.25, -0.2) is 19.0 Å². The van der Waals surface area contributed by atoms with Gasteiger partial charge in [-0.05, 0) is 55.0 Å². The first kappa shape index (κ1) is 32.0. The lowest BCUT2D eigenvalue weighted by Crippen LogP contribution is -2.54. The maximum Gasteiger partial charge on any atom is 0.207 e. The Kier molecular flexibility index (Phi) is 11.6. The first-order chi connectivity index (χ1) is 19.6.